The van der Waals surface area contributed by atoms with Gasteiger partial charge in [-0.15, -0.1) is 11.3 Å². The van der Waals surface area contributed by atoms with Crippen molar-refractivity contribution in [1.29, 1.82) is 0 Å². The number of thioether (sulfide) groups is 1. The second kappa shape index (κ2) is 11.5. The van der Waals surface area contributed by atoms with Gasteiger partial charge in [-0.1, -0.05) is 44.2 Å². The Morgan fingerprint density at radius 3 is 2.71 bits per heavy atom. The van der Waals surface area contributed by atoms with Gasteiger partial charge in [0, 0.05) is 17.7 Å². The van der Waals surface area contributed by atoms with Crippen molar-refractivity contribution in [2.24, 2.45) is 17.3 Å². The molecule has 0 amide bonds. The van der Waals surface area contributed by atoms with Crippen molar-refractivity contribution in [1.82, 2.24) is 4.98 Å². The average molecular weight is 508 g/mol. The van der Waals surface area contributed by atoms with Gasteiger partial charge < -0.3 is 14.9 Å². The molecule has 0 spiro atoms. The number of esters is 1. The summed E-state index contributed by atoms with van der Waals surface area (Å²) in [6.07, 6.45) is 7.34. The molecule has 8 heteroatoms. The zero-order chi connectivity index (χ0) is 25.0. The summed E-state index contributed by atoms with van der Waals surface area (Å²) in [5, 5.41) is 23.8. The summed E-state index contributed by atoms with van der Waals surface area (Å²) < 4.78 is 6.82. The molecule has 188 valence electrons. The van der Waals surface area contributed by atoms with Crippen molar-refractivity contribution < 1.29 is 24.5 Å². The Morgan fingerprint density at radius 2 is 2.03 bits per heavy atom. The molecule has 2 heterocycles. The number of Topliss-reactive ketones (excluding diaryl/α,β-unsaturated/α-hetero) is 1. The summed E-state index contributed by atoms with van der Waals surface area (Å²) in [5.74, 6) is -1.38. The van der Waals surface area contributed by atoms with Crippen LogP contribution in [0.1, 0.15) is 71.9 Å². The van der Waals surface area contributed by atoms with Crippen molar-refractivity contribution in [3.63, 3.8) is 0 Å². The Hall–Kier alpha value is -1.48. The number of rotatable bonds is 3. The van der Waals surface area contributed by atoms with Crippen LogP contribution >= 0.6 is 23.1 Å². The Morgan fingerprint density at radius 1 is 1.29 bits per heavy atom. The average Bonchev–Trinajstić information content (AvgIpc) is 3.27. The van der Waals surface area contributed by atoms with E-state index in [-0.39, 0.29) is 18.1 Å². The van der Waals surface area contributed by atoms with Crippen LogP contribution < -0.4 is 0 Å². The molecule has 3 rings (SSSR count). The molecule has 34 heavy (non-hydrogen) atoms. The minimum absolute atomic E-state index is 0.00689. The molecule has 6 nitrogen and oxygen atoms in total. The molecule has 1 aromatic rings. The van der Waals surface area contributed by atoms with Gasteiger partial charge in [-0.05, 0) is 56.4 Å². The lowest BCUT2D eigenvalue weighted by atomic mass is 9.70. The molecule has 0 saturated heterocycles. The first-order chi connectivity index (χ1) is 16.0. The highest BCUT2D eigenvalue weighted by Crippen LogP contribution is 2.37. The standard InChI is InChI=1S/C26H37NO5S2/c1-15(11-19-14-34-25(27-19)33-5)20-10-9-17-7-6-8-18(12-17)23(30)16(2)24(31)26(3,4)21(28)13-22(29)32-20/h9,11,14,16,18,20-21,23,28,30H,6-8,10,12-13H2,1-5H3/b15-11+,17-9-/t16?,18?,20-,21?,23+/m0/s1. The molecule has 0 radical (unpaired) electrons. The van der Waals surface area contributed by atoms with Gasteiger partial charge in [0.25, 0.3) is 0 Å². The van der Waals surface area contributed by atoms with Crippen LogP contribution in [0.3, 0.4) is 0 Å². The van der Waals surface area contributed by atoms with Crippen LogP contribution in [0.5, 0.6) is 0 Å². The van der Waals surface area contributed by atoms with Crippen molar-refractivity contribution in [3.05, 3.63) is 28.3 Å². The van der Waals surface area contributed by atoms with E-state index in [1.165, 1.54) is 5.57 Å². The van der Waals surface area contributed by atoms with Crippen molar-refractivity contribution in [2.75, 3.05) is 6.26 Å². The van der Waals surface area contributed by atoms with Crippen LogP contribution in [0.15, 0.2) is 26.9 Å². The number of thiazole rings is 1. The molecular formula is C26H37NO5S2. The summed E-state index contributed by atoms with van der Waals surface area (Å²) in [5.41, 5.74) is 1.77. The maximum Gasteiger partial charge on any atom is 0.309 e. The Balaban J connectivity index is 1.92. The number of aliphatic hydroxyl groups excluding tert-OH is 2. The van der Waals surface area contributed by atoms with E-state index in [1.807, 2.05) is 24.6 Å². The van der Waals surface area contributed by atoms with E-state index in [9.17, 15) is 19.8 Å². The van der Waals surface area contributed by atoms with Gasteiger partial charge >= 0.3 is 5.97 Å². The van der Waals surface area contributed by atoms with Crippen LogP contribution in [0.25, 0.3) is 6.08 Å². The number of hydrogen-bond donors (Lipinski definition) is 2. The molecule has 2 bridgehead atoms. The number of ether oxygens (including phenoxy) is 1. The highest BCUT2D eigenvalue weighted by molar-refractivity contribution is 8.00. The number of ketones is 1. The molecule has 2 N–H and O–H groups in total. The third kappa shape index (κ3) is 6.39. The molecule has 5 atom stereocenters. The van der Waals surface area contributed by atoms with Crippen LogP contribution in [-0.4, -0.2) is 51.5 Å². The first-order valence-electron chi connectivity index (χ1n) is 12.0. The van der Waals surface area contributed by atoms with E-state index in [4.69, 9.17) is 4.74 Å². The van der Waals surface area contributed by atoms with Gasteiger partial charge in [0.05, 0.1) is 29.7 Å². The third-order valence-corrected chi connectivity index (χ3v) is 9.17. The summed E-state index contributed by atoms with van der Waals surface area (Å²) in [6.45, 7) is 6.94. The van der Waals surface area contributed by atoms with Gasteiger partial charge in [-0.25, -0.2) is 4.98 Å². The fourth-order valence-corrected chi connectivity index (χ4v) is 6.13. The fraction of sp³-hybridized carbons (Fsp3) is 0.654. The second-order valence-electron chi connectivity index (χ2n) is 10.1. The molecule has 1 aromatic heterocycles. The summed E-state index contributed by atoms with van der Waals surface area (Å²) in [6, 6.07) is 0. The predicted octanol–water partition coefficient (Wildman–Crippen LogP) is 5.04. The minimum Gasteiger partial charge on any atom is -0.457 e. The molecule has 3 unspecified atom stereocenters. The van der Waals surface area contributed by atoms with Crippen LogP contribution in [-0.2, 0) is 14.3 Å². The number of aliphatic hydroxyl groups is 2. The van der Waals surface area contributed by atoms with E-state index in [0.717, 1.165) is 41.3 Å². The van der Waals surface area contributed by atoms with E-state index in [1.54, 1.807) is 43.9 Å². The maximum absolute atomic E-state index is 13.2. The number of carbonyl (C=O) groups excluding carboxylic acids is 2. The third-order valence-electron chi connectivity index (χ3n) is 7.29. The molecule has 1 saturated carbocycles. The minimum atomic E-state index is -1.20. The van der Waals surface area contributed by atoms with Gasteiger partial charge in [0.2, 0.25) is 0 Å². The molecule has 0 aromatic carbocycles. The zero-order valence-corrected chi connectivity index (χ0v) is 22.4. The lowest BCUT2D eigenvalue weighted by Crippen LogP contribution is -2.46. The lowest BCUT2D eigenvalue weighted by Gasteiger charge is -2.37. The van der Waals surface area contributed by atoms with Crippen molar-refractivity contribution in [2.45, 2.75) is 88.9 Å². The topological polar surface area (TPSA) is 96.7 Å². The molecule has 1 aliphatic carbocycles. The fourth-order valence-electron chi connectivity index (χ4n) is 4.90. The first-order valence-corrected chi connectivity index (χ1v) is 14.1. The number of carbonyl (C=O) groups is 2. The van der Waals surface area contributed by atoms with Gasteiger partial charge in [0.1, 0.15) is 16.2 Å². The van der Waals surface area contributed by atoms with Crippen LogP contribution in [0.2, 0.25) is 0 Å². The highest BCUT2D eigenvalue weighted by Gasteiger charge is 2.43. The number of allylic oxidation sites excluding steroid dienone is 1. The monoisotopic (exact) mass is 507 g/mol. The predicted molar refractivity (Wildman–Crippen MR) is 137 cm³/mol. The van der Waals surface area contributed by atoms with Crippen molar-refractivity contribution >= 4 is 40.9 Å². The van der Waals surface area contributed by atoms with Gasteiger partial charge in [-0.3, -0.25) is 9.59 Å². The van der Waals surface area contributed by atoms with Gasteiger partial charge in [-0.2, -0.15) is 0 Å². The van der Waals surface area contributed by atoms with Crippen molar-refractivity contribution in [3.8, 4) is 0 Å². The summed E-state index contributed by atoms with van der Waals surface area (Å²) in [4.78, 5) is 30.6. The number of hydrogen-bond acceptors (Lipinski definition) is 8. The molecule has 2 aliphatic rings. The number of cyclic esters (lactones) is 1. The highest BCUT2D eigenvalue weighted by atomic mass is 32.2. The Bertz CT molecular complexity index is 951. The second-order valence-corrected chi connectivity index (χ2v) is 12.1. The smallest absolute Gasteiger partial charge is 0.309 e. The van der Waals surface area contributed by atoms with E-state index >= 15 is 0 Å². The summed E-state index contributed by atoms with van der Waals surface area (Å²) >= 11 is 3.16. The summed E-state index contributed by atoms with van der Waals surface area (Å²) in [7, 11) is 0. The largest absolute Gasteiger partial charge is 0.457 e. The maximum atomic E-state index is 13.2. The SMILES string of the molecule is CSc1nc(/C=C(\C)[C@@H]2C/C=C3/CCCC(C3)[C@H](O)C(C)C(=O)C(C)(C)C(O)CC(=O)O2)cs1. The van der Waals surface area contributed by atoms with E-state index in [2.05, 4.69) is 11.1 Å². The quantitative estimate of drug-likeness (QED) is 0.336. The molecule has 1 fully saturated rings. The number of nitrogens with zero attached hydrogens (tertiary/aromatic N) is 1. The number of aromatic nitrogens is 1. The Kier molecular flexibility index (Phi) is 9.17. The lowest BCUT2D eigenvalue weighted by molar-refractivity contribution is -0.154. The van der Waals surface area contributed by atoms with Crippen LogP contribution in [0.4, 0.5) is 0 Å². The zero-order valence-electron chi connectivity index (χ0n) is 20.7. The van der Waals surface area contributed by atoms with E-state index in [0.29, 0.717) is 6.42 Å². The normalized spacial score (nSPS) is 33.0. The Labute approximate surface area is 210 Å². The molecule has 1 aliphatic heterocycles. The molecular weight excluding hydrogens is 470 g/mol. The van der Waals surface area contributed by atoms with Gasteiger partial charge in [0.15, 0.2) is 0 Å². The number of fused-ring (bicyclic) bond motifs is 2. The van der Waals surface area contributed by atoms with E-state index < -0.39 is 35.6 Å². The first kappa shape index (κ1) is 27.1. The van der Waals surface area contributed by atoms with Crippen LogP contribution in [0, 0.1) is 17.3 Å².